The Balaban J connectivity index is 2.20. The predicted octanol–water partition coefficient (Wildman–Crippen LogP) is 3.71. The van der Waals surface area contributed by atoms with Gasteiger partial charge in [-0.25, -0.2) is 9.78 Å². The lowest BCUT2D eigenvalue weighted by atomic mass is 10.1. The molecule has 0 amide bonds. The van der Waals surface area contributed by atoms with Crippen LogP contribution in [0.25, 0.3) is 21.9 Å². The minimum atomic E-state index is -0.515. The van der Waals surface area contributed by atoms with Crippen LogP contribution in [0.1, 0.15) is 28.8 Å². The van der Waals surface area contributed by atoms with Crippen molar-refractivity contribution in [2.75, 3.05) is 6.61 Å². The van der Waals surface area contributed by atoms with E-state index in [9.17, 15) is 9.59 Å². The maximum absolute atomic E-state index is 12.5. The summed E-state index contributed by atoms with van der Waals surface area (Å²) in [6.07, 6.45) is 1.68. The van der Waals surface area contributed by atoms with Gasteiger partial charge < -0.3 is 9.72 Å². The van der Waals surface area contributed by atoms with E-state index in [0.29, 0.717) is 10.2 Å². The molecular weight excluding hydrogens is 336 g/mol. The Bertz CT molecular complexity index is 1020. The van der Waals surface area contributed by atoms with E-state index < -0.39 is 5.97 Å². The highest BCUT2D eigenvalue weighted by molar-refractivity contribution is 7.18. The van der Waals surface area contributed by atoms with Crippen molar-refractivity contribution in [1.82, 2.24) is 9.97 Å². The summed E-state index contributed by atoms with van der Waals surface area (Å²) >= 11 is 1.45. The quantitative estimate of drug-likeness (QED) is 0.573. The number of ether oxygens (including phenoxy) is 1. The lowest BCUT2D eigenvalue weighted by Gasteiger charge is -2.07. The molecule has 2 heterocycles. The number of thiophene rings is 1. The first-order valence-electron chi connectivity index (χ1n) is 7.95. The third kappa shape index (κ3) is 3.39. The number of carbonyl (C=O) groups excluding carboxylic acids is 1. The second-order valence-electron chi connectivity index (χ2n) is 5.57. The Morgan fingerprint density at radius 2 is 2.00 bits per heavy atom. The van der Waals surface area contributed by atoms with Crippen molar-refractivity contribution >= 4 is 39.2 Å². The zero-order valence-corrected chi connectivity index (χ0v) is 15.1. The molecule has 0 bridgehead atoms. The fraction of sp³-hybridized carbons (Fsp3) is 0.211. The number of aromatic amines is 1. The molecule has 0 unspecified atom stereocenters. The number of fused-ring (bicyclic) bond motifs is 1. The molecule has 0 aliphatic heterocycles. The van der Waals surface area contributed by atoms with Crippen LogP contribution in [0.4, 0.5) is 0 Å². The monoisotopic (exact) mass is 354 g/mol. The highest BCUT2D eigenvalue weighted by atomic mass is 32.1. The maximum atomic E-state index is 12.5. The minimum Gasteiger partial charge on any atom is -0.462 e. The summed E-state index contributed by atoms with van der Waals surface area (Å²) in [6.45, 7) is 5.84. The molecule has 25 heavy (non-hydrogen) atoms. The van der Waals surface area contributed by atoms with Crippen molar-refractivity contribution in [2.24, 2.45) is 0 Å². The fourth-order valence-corrected chi connectivity index (χ4v) is 3.56. The number of hydrogen-bond acceptors (Lipinski definition) is 5. The molecule has 1 aromatic carbocycles. The number of nitrogens with one attached hydrogen (secondary N) is 1. The molecule has 0 spiro atoms. The third-order valence-electron chi connectivity index (χ3n) is 3.90. The van der Waals surface area contributed by atoms with Crippen molar-refractivity contribution in [1.29, 1.82) is 0 Å². The number of esters is 1. The summed E-state index contributed by atoms with van der Waals surface area (Å²) in [6, 6.07) is 9.38. The van der Waals surface area contributed by atoms with E-state index in [4.69, 9.17) is 4.74 Å². The van der Waals surface area contributed by atoms with Crippen LogP contribution in [0.3, 0.4) is 0 Å². The molecule has 2 aromatic heterocycles. The Hall–Kier alpha value is -2.73. The van der Waals surface area contributed by atoms with Gasteiger partial charge in [-0.3, -0.25) is 4.79 Å². The molecule has 1 N–H and O–H groups in total. The van der Waals surface area contributed by atoms with Gasteiger partial charge in [0.25, 0.3) is 5.56 Å². The number of H-pyrrole nitrogens is 1. The van der Waals surface area contributed by atoms with E-state index in [1.807, 2.05) is 44.2 Å². The average molecular weight is 354 g/mol. The molecule has 6 heteroatoms. The van der Waals surface area contributed by atoms with Gasteiger partial charge in [0.15, 0.2) is 0 Å². The zero-order valence-electron chi connectivity index (χ0n) is 14.3. The van der Waals surface area contributed by atoms with Crippen LogP contribution in [0, 0.1) is 13.8 Å². The molecule has 128 valence electrons. The summed E-state index contributed by atoms with van der Waals surface area (Å²) in [5.74, 6) is -0.292. The Labute approximate surface area is 149 Å². The Morgan fingerprint density at radius 3 is 2.68 bits per heavy atom. The van der Waals surface area contributed by atoms with Gasteiger partial charge in [0, 0.05) is 4.88 Å². The zero-order chi connectivity index (χ0) is 18.0. The number of carbonyl (C=O) groups is 1. The second kappa shape index (κ2) is 7.03. The van der Waals surface area contributed by atoms with Gasteiger partial charge in [0.1, 0.15) is 16.2 Å². The molecule has 3 rings (SSSR count). The van der Waals surface area contributed by atoms with Crippen LogP contribution >= 0.6 is 11.3 Å². The van der Waals surface area contributed by atoms with Gasteiger partial charge in [-0.05, 0) is 38.0 Å². The van der Waals surface area contributed by atoms with Gasteiger partial charge in [-0.15, -0.1) is 11.3 Å². The standard InChI is InChI=1S/C19H18N2O3S/c1-4-24-19(23)14(10-13-8-6-5-7-9-13)16-20-17(22)15-11(2)12(3)25-18(15)21-16/h5-10H,4H2,1-3H3,(H,20,21,22)/b14-10-. The van der Waals surface area contributed by atoms with Gasteiger partial charge in [-0.2, -0.15) is 0 Å². The smallest absolute Gasteiger partial charge is 0.341 e. The summed E-state index contributed by atoms with van der Waals surface area (Å²) in [7, 11) is 0. The summed E-state index contributed by atoms with van der Waals surface area (Å²) in [5.41, 5.74) is 1.73. The highest BCUT2D eigenvalue weighted by Gasteiger charge is 2.19. The summed E-state index contributed by atoms with van der Waals surface area (Å²) < 4.78 is 5.15. The van der Waals surface area contributed by atoms with E-state index >= 15 is 0 Å². The van der Waals surface area contributed by atoms with E-state index in [-0.39, 0.29) is 23.6 Å². The lowest BCUT2D eigenvalue weighted by molar-refractivity contribution is -0.136. The number of nitrogens with zero attached hydrogens (tertiary/aromatic N) is 1. The van der Waals surface area contributed by atoms with Crippen molar-refractivity contribution < 1.29 is 9.53 Å². The van der Waals surface area contributed by atoms with Gasteiger partial charge in [0.05, 0.1) is 12.0 Å². The van der Waals surface area contributed by atoms with Crippen LogP contribution < -0.4 is 5.56 Å². The molecule has 5 nitrogen and oxygen atoms in total. The minimum absolute atomic E-state index is 0.223. The topological polar surface area (TPSA) is 72.0 Å². The van der Waals surface area contributed by atoms with E-state index in [1.165, 1.54) is 11.3 Å². The molecule has 0 aliphatic rings. The third-order valence-corrected chi connectivity index (χ3v) is 5.00. The summed E-state index contributed by atoms with van der Waals surface area (Å²) in [5, 5.41) is 0.578. The first-order chi connectivity index (χ1) is 12.0. The lowest BCUT2D eigenvalue weighted by Crippen LogP contribution is -2.15. The molecule has 0 radical (unpaired) electrons. The second-order valence-corrected chi connectivity index (χ2v) is 6.77. The number of aromatic nitrogens is 2. The molecule has 0 atom stereocenters. The maximum Gasteiger partial charge on any atom is 0.341 e. The molecule has 0 saturated heterocycles. The Kier molecular flexibility index (Phi) is 4.81. The molecule has 0 fully saturated rings. The van der Waals surface area contributed by atoms with E-state index in [1.54, 1.807) is 13.0 Å². The van der Waals surface area contributed by atoms with Crippen LogP contribution in [-0.2, 0) is 9.53 Å². The van der Waals surface area contributed by atoms with E-state index in [0.717, 1.165) is 16.0 Å². The van der Waals surface area contributed by atoms with Crippen LogP contribution in [0.15, 0.2) is 35.1 Å². The van der Waals surface area contributed by atoms with Crippen molar-refractivity contribution in [3.05, 3.63) is 62.5 Å². The normalized spacial score (nSPS) is 11.7. The molecule has 3 aromatic rings. The predicted molar refractivity (Wildman–Crippen MR) is 101 cm³/mol. The first-order valence-corrected chi connectivity index (χ1v) is 8.77. The van der Waals surface area contributed by atoms with Crippen LogP contribution in [0.2, 0.25) is 0 Å². The van der Waals surface area contributed by atoms with Gasteiger partial charge in [0.2, 0.25) is 0 Å². The van der Waals surface area contributed by atoms with Crippen LogP contribution in [-0.4, -0.2) is 22.5 Å². The molecular formula is C19H18N2O3S. The first kappa shape index (κ1) is 17.1. The van der Waals surface area contributed by atoms with Crippen molar-refractivity contribution in [3.8, 4) is 0 Å². The largest absolute Gasteiger partial charge is 0.462 e. The average Bonchev–Trinajstić information content (AvgIpc) is 2.88. The fourth-order valence-electron chi connectivity index (χ4n) is 2.53. The summed E-state index contributed by atoms with van der Waals surface area (Å²) in [4.78, 5) is 33.8. The highest BCUT2D eigenvalue weighted by Crippen LogP contribution is 2.27. The number of benzene rings is 1. The van der Waals surface area contributed by atoms with Gasteiger partial charge in [-0.1, -0.05) is 30.3 Å². The number of aryl methyl sites for hydroxylation is 2. The number of hydrogen-bond donors (Lipinski definition) is 1. The Morgan fingerprint density at radius 1 is 1.28 bits per heavy atom. The van der Waals surface area contributed by atoms with Crippen molar-refractivity contribution in [3.63, 3.8) is 0 Å². The number of rotatable bonds is 4. The van der Waals surface area contributed by atoms with Crippen molar-refractivity contribution in [2.45, 2.75) is 20.8 Å². The van der Waals surface area contributed by atoms with Crippen LogP contribution in [0.5, 0.6) is 0 Å². The SMILES string of the molecule is CCOC(=O)/C(=C\c1ccccc1)c1nc2sc(C)c(C)c2c(=O)[nH]1. The molecule has 0 aliphatic carbocycles. The van der Waals surface area contributed by atoms with Gasteiger partial charge >= 0.3 is 5.97 Å². The molecule has 0 saturated carbocycles. The van der Waals surface area contributed by atoms with E-state index in [2.05, 4.69) is 9.97 Å².